The fourth-order valence-corrected chi connectivity index (χ4v) is 3.31. The van der Waals surface area contributed by atoms with E-state index >= 15 is 0 Å². The molecular formula is C16H18N3O+. The molecule has 3 aromatic rings. The number of aromatic nitrogens is 2. The highest BCUT2D eigenvalue weighted by atomic mass is 16.1. The zero-order valence-electron chi connectivity index (χ0n) is 11.4. The monoisotopic (exact) mass is 268 g/mol. The molecule has 102 valence electrons. The van der Waals surface area contributed by atoms with Crippen molar-refractivity contribution in [2.24, 2.45) is 0 Å². The van der Waals surface area contributed by atoms with Gasteiger partial charge in [-0.15, -0.1) is 0 Å². The average molecular weight is 268 g/mol. The van der Waals surface area contributed by atoms with Crippen LogP contribution in [0.1, 0.15) is 18.4 Å². The van der Waals surface area contributed by atoms with Gasteiger partial charge in [-0.25, -0.2) is 0 Å². The molecule has 0 amide bonds. The Bertz CT molecular complexity index is 824. The maximum atomic E-state index is 12.0. The van der Waals surface area contributed by atoms with Crippen LogP contribution in [0.3, 0.4) is 0 Å². The van der Waals surface area contributed by atoms with Crippen molar-refractivity contribution in [1.82, 2.24) is 9.38 Å². The van der Waals surface area contributed by atoms with Gasteiger partial charge < -0.3 is 14.3 Å². The van der Waals surface area contributed by atoms with E-state index in [1.165, 1.54) is 31.5 Å². The number of nitrogens with zero attached hydrogens (tertiary/aromatic N) is 1. The van der Waals surface area contributed by atoms with Crippen LogP contribution in [0.2, 0.25) is 0 Å². The quantitative estimate of drug-likeness (QED) is 0.714. The molecule has 1 aliphatic rings. The molecule has 1 aliphatic heterocycles. The number of nitrogens with one attached hydrogen (secondary N) is 2. The van der Waals surface area contributed by atoms with Crippen LogP contribution in [-0.4, -0.2) is 22.5 Å². The van der Waals surface area contributed by atoms with Crippen LogP contribution in [0.25, 0.3) is 16.6 Å². The van der Waals surface area contributed by atoms with Crippen LogP contribution in [0.15, 0.2) is 41.3 Å². The summed E-state index contributed by atoms with van der Waals surface area (Å²) in [5, 5.41) is 0. The van der Waals surface area contributed by atoms with E-state index < -0.39 is 0 Å². The minimum atomic E-state index is -0.0202. The molecule has 0 radical (unpaired) electrons. The third-order valence-corrected chi connectivity index (χ3v) is 4.31. The summed E-state index contributed by atoms with van der Waals surface area (Å²) in [6, 6.07) is 10.2. The lowest BCUT2D eigenvalue weighted by Crippen LogP contribution is -3.08. The molecule has 4 nitrogen and oxygen atoms in total. The second-order valence-electron chi connectivity index (χ2n) is 5.70. The molecule has 0 aliphatic carbocycles. The number of hydrogen-bond donors (Lipinski definition) is 2. The highest BCUT2D eigenvalue weighted by Crippen LogP contribution is 2.14. The molecular weight excluding hydrogens is 250 g/mol. The molecule has 0 spiro atoms. The topological polar surface area (TPSA) is 41.7 Å². The van der Waals surface area contributed by atoms with Crippen LogP contribution in [0.5, 0.6) is 0 Å². The van der Waals surface area contributed by atoms with Crippen molar-refractivity contribution in [3.05, 3.63) is 52.4 Å². The second-order valence-corrected chi connectivity index (χ2v) is 5.70. The van der Waals surface area contributed by atoms with Crippen LogP contribution >= 0.6 is 0 Å². The maximum Gasteiger partial charge on any atom is 0.272 e. The first-order valence-corrected chi connectivity index (χ1v) is 7.27. The van der Waals surface area contributed by atoms with Crippen molar-refractivity contribution in [1.29, 1.82) is 0 Å². The Morgan fingerprint density at radius 1 is 1.15 bits per heavy atom. The number of fused-ring (bicyclic) bond motifs is 3. The van der Waals surface area contributed by atoms with Gasteiger partial charge in [-0.3, -0.25) is 4.79 Å². The van der Waals surface area contributed by atoms with E-state index in [4.69, 9.17) is 0 Å². The normalized spacial score (nSPS) is 16.4. The minimum Gasteiger partial charge on any atom is -0.331 e. The molecule has 20 heavy (non-hydrogen) atoms. The standard InChI is InChI=1S/C16H17N3O/c20-16-15-4-3-9-19(15)14-6-5-12(10-13(14)17-16)11-18-7-1-2-8-18/h3-6,9-10H,1-2,7-8,11H2,(H,17,20)/p+1. The summed E-state index contributed by atoms with van der Waals surface area (Å²) >= 11 is 0. The van der Waals surface area contributed by atoms with Crippen LogP contribution in [0, 0.1) is 0 Å². The second kappa shape index (κ2) is 4.49. The Balaban J connectivity index is 1.82. The SMILES string of the molecule is O=c1[nH]c2cc(C[NH+]3CCCC3)ccc2n2cccc12. The van der Waals surface area contributed by atoms with E-state index in [1.807, 2.05) is 22.7 Å². The Morgan fingerprint density at radius 3 is 2.85 bits per heavy atom. The van der Waals surface area contributed by atoms with Gasteiger partial charge in [-0.05, 0) is 24.3 Å². The fraction of sp³-hybridized carbons (Fsp3) is 0.312. The van der Waals surface area contributed by atoms with Crippen LogP contribution in [0.4, 0.5) is 0 Å². The van der Waals surface area contributed by atoms with Crippen molar-refractivity contribution >= 4 is 16.6 Å². The van der Waals surface area contributed by atoms with Crippen molar-refractivity contribution < 1.29 is 4.90 Å². The summed E-state index contributed by atoms with van der Waals surface area (Å²) in [5.74, 6) is 0. The average Bonchev–Trinajstić information content (AvgIpc) is 3.09. The minimum absolute atomic E-state index is 0.0202. The van der Waals surface area contributed by atoms with Gasteiger partial charge in [0.1, 0.15) is 12.1 Å². The van der Waals surface area contributed by atoms with Gasteiger partial charge in [0.05, 0.1) is 24.1 Å². The molecule has 1 fully saturated rings. The first-order chi connectivity index (χ1) is 9.81. The molecule has 0 saturated carbocycles. The molecule has 0 atom stereocenters. The summed E-state index contributed by atoms with van der Waals surface area (Å²) < 4.78 is 1.96. The lowest BCUT2D eigenvalue weighted by molar-refractivity contribution is -0.901. The summed E-state index contributed by atoms with van der Waals surface area (Å²) in [6.07, 6.45) is 4.62. The molecule has 0 bridgehead atoms. The molecule has 2 aromatic heterocycles. The van der Waals surface area contributed by atoms with Gasteiger partial charge in [0.2, 0.25) is 0 Å². The predicted molar refractivity (Wildman–Crippen MR) is 79.2 cm³/mol. The number of aromatic amines is 1. The number of H-pyrrole nitrogens is 1. The van der Waals surface area contributed by atoms with E-state index in [2.05, 4.69) is 23.2 Å². The maximum absolute atomic E-state index is 12.0. The predicted octanol–water partition coefficient (Wildman–Crippen LogP) is 0.959. The van der Waals surface area contributed by atoms with Gasteiger partial charge in [-0.1, -0.05) is 6.07 Å². The third-order valence-electron chi connectivity index (χ3n) is 4.31. The highest BCUT2D eigenvalue weighted by molar-refractivity contribution is 5.78. The van der Waals surface area contributed by atoms with Crippen molar-refractivity contribution in [3.8, 4) is 0 Å². The zero-order chi connectivity index (χ0) is 13.5. The molecule has 1 saturated heterocycles. The molecule has 0 unspecified atom stereocenters. The van der Waals surface area contributed by atoms with Gasteiger partial charge in [0, 0.05) is 24.6 Å². The van der Waals surface area contributed by atoms with Gasteiger partial charge >= 0.3 is 0 Å². The summed E-state index contributed by atoms with van der Waals surface area (Å²) in [7, 11) is 0. The highest BCUT2D eigenvalue weighted by Gasteiger charge is 2.16. The lowest BCUT2D eigenvalue weighted by atomic mass is 10.2. The number of hydrogen-bond acceptors (Lipinski definition) is 1. The molecule has 4 heteroatoms. The van der Waals surface area contributed by atoms with Gasteiger partial charge in [0.25, 0.3) is 5.56 Å². The van der Waals surface area contributed by atoms with Crippen LogP contribution < -0.4 is 10.5 Å². The zero-order valence-corrected chi connectivity index (χ0v) is 11.4. The third kappa shape index (κ3) is 1.84. The Hall–Kier alpha value is -2.07. The fourth-order valence-electron chi connectivity index (χ4n) is 3.31. The van der Waals surface area contributed by atoms with Gasteiger partial charge in [-0.2, -0.15) is 0 Å². The molecule has 3 heterocycles. The van der Waals surface area contributed by atoms with E-state index in [0.717, 1.165) is 17.6 Å². The Morgan fingerprint density at radius 2 is 2.00 bits per heavy atom. The summed E-state index contributed by atoms with van der Waals surface area (Å²) in [6.45, 7) is 3.60. The lowest BCUT2D eigenvalue weighted by Gasteiger charge is -2.12. The largest absolute Gasteiger partial charge is 0.331 e. The Kier molecular flexibility index (Phi) is 2.63. The molecule has 4 rings (SSSR count). The van der Waals surface area contributed by atoms with E-state index in [9.17, 15) is 4.79 Å². The van der Waals surface area contributed by atoms with Crippen LogP contribution in [-0.2, 0) is 6.54 Å². The van der Waals surface area contributed by atoms with Crippen molar-refractivity contribution in [2.45, 2.75) is 19.4 Å². The summed E-state index contributed by atoms with van der Waals surface area (Å²) in [4.78, 5) is 16.7. The number of quaternary nitrogens is 1. The number of rotatable bonds is 2. The number of likely N-dealkylation sites (tertiary alicyclic amines) is 1. The molecule has 1 aromatic carbocycles. The van der Waals surface area contributed by atoms with Gasteiger partial charge in [0.15, 0.2) is 0 Å². The first kappa shape index (κ1) is 11.7. The van der Waals surface area contributed by atoms with E-state index in [-0.39, 0.29) is 5.56 Å². The van der Waals surface area contributed by atoms with Crippen molar-refractivity contribution in [3.63, 3.8) is 0 Å². The number of benzene rings is 1. The first-order valence-electron chi connectivity index (χ1n) is 7.27. The summed E-state index contributed by atoms with van der Waals surface area (Å²) in [5.41, 5.74) is 3.97. The van der Waals surface area contributed by atoms with E-state index in [1.54, 1.807) is 4.90 Å². The molecule has 2 N–H and O–H groups in total. The van der Waals surface area contributed by atoms with E-state index in [0.29, 0.717) is 5.52 Å². The van der Waals surface area contributed by atoms with Crippen molar-refractivity contribution in [2.75, 3.05) is 13.1 Å². The smallest absolute Gasteiger partial charge is 0.272 e. The Labute approximate surface area is 116 Å².